The Kier molecular flexibility index (Phi) is 3.38. The van der Waals surface area contributed by atoms with E-state index in [1.54, 1.807) is 0 Å². The number of nitrogen functional groups attached to an aromatic ring is 2. The molecule has 6 heteroatoms. The summed E-state index contributed by atoms with van der Waals surface area (Å²) in [5, 5.41) is 7.87. The number of fused-ring (bicyclic) bond motifs is 1. The molecule has 1 aromatic carbocycles. The first kappa shape index (κ1) is 14.0. The lowest BCUT2D eigenvalue weighted by Gasteiger charge is -2.22. The summed E-state index contributed by atoms with van der Waals surface area (Å²) < 4.78 is 1.96. The third kappa shape index (κ3) is 2.41. The molecule has 1 aliphatic rings. The van der Waals surface area contributed by atoms with Gasteiger partial charge in [-0.25, -0.2) is 9.50 Å². The zero-order valence-corrected chi connectivity index (χ0v) is 12.9. The summed E-state index contributed by atoms with van der Waals surface area (Å²) in [5.74, 6) is 0.993. The molecule has 5 N–H and O–H groups in total. The molecule has 1 aliphatic heterocycles. The summed E-state index contributed by atoms with van der Waals surface area (Å²) in [5.41, 5.74) is 17.0. The van der Waals surface area contributed by atoms with Crippen LogP contribution in [0.4, 0.5) is 11.5 Å². The van der Waals surface area contributed by atoms with Crippen molar-refractivity contribution in [3.8, 4) is 11.1 Å². The highest BCUT2D eigenvalue weighted by atomic mass is 15.3. The second kappa shape index (κ2) is 5.55. The van der Waals surface area contributed by atoms with E-state index in [0.29, 0.717) is 11.7 Å². The maximum atomic E-state index is 6.16. The van der Waals surface area contributed by atoms with Crippen LogP contribution in [0.5, 0.6) is 0 Å². The molecule has 3 aromatic rings. The van der Waals surface area contributed by atoms with E-state index in [-0.39, 0.29) is 0 Å². The van der Waals surface area contributed by atoms with Crippen LogP contribution < -0.4 is 16.8 Å². The molecule has 0 unspecified atom stereocenters. The van der Waals surface area contributed by atoms with Crippen molar-refractivity contribution in [1.82, 2.24) is 19.9 Å². The lowest BCUT2D eigenvalue weighted by Crippen LogP contribution is -2.27. The van der Waals surface area contributed by atoms with E-state index >= 15 is 0 Å². The van der Waals surface area contributed by atoms with E-state index < -0.39 is 0 Å². The number of nitrogens with two attached hydrogens (primary N) is 2. The molecule has 3 heterocycles. The quantitative estimate of drug-likeness (QED) is 0.630. The summed E-state index contributed by atoms with van der Waals surface area (Å²) in [6.07, 6.45) is 3.74. The number of piperidine rings is 1. The largest absolute Gasteiger partial charge is 0.399 e. The summed E-state index contributed by atoms with van der Waals surface area (Å²) in [6, 6.07) is 10.1. The molecule has 1 saturated heterocycles. The lowest BCUT2D eigenvalue weighted by atomic mass is 9.94. The third-order valence-corrected chi connectivity index (χ3v) is 4.59. The number of hydrogen-bond donors (Lipinski definition) is 3. The van der Waals surface area contributed by atoms with Gasteiger partial charge in [0.2, 0.25) is 0 Å². The van der Waals surface area contributed by atoms with Gasteiger partial charge in [-0.2, -0.15) is 5.10 Å². The molecular weight excluding hydrogens is 288 g/mol. The molecule has 1 fully saturated rings. The number of aromatic nitrogens is 3. The van der Waals surface area contributed by atoms with Crippen LogP contribution in [0.3, 0.4) is 0 Å². The van der Waals surface area contributed by atoms with Crippen LogP contribution in [0.15, 0.2) is 36.7 Å². The molecule has 6 nitrogen and oxygen atoms in total. The monoisotopic (exact) mass is 308 g/mol. The van der Waals surface area contributed by atoms with Crippen LogP contribution in [0, 0.1) is 0 Å². The Morgan fingerprint density at radius 3 is 2.57 bits per heavy atom. The predicted octanol–water partition coefficient (Wildman–Crippen LogP) is 2.03. The van der Waals surface area contributed by atoms with Gasteiger partial charge in [0.25, 0.3) is 0 Å². The second-order valence-corrected chi connectivity index (χ2v) is 6.03. The van der Waals surface area contributed by atoms with Crippen molar-refractivity contribution in [2.45, 2.75) is 18.8 Å². The Bertz CT molecular complexity index is 830. The Balaban J connectivity index is 1.91. The van der Waals surface area contributed by atoms with Gasteiger partial charge in [0, 0.05) is 22.9 Å². The fraction of sp³-hybridized carbons (Fsp3) is 0.294. The van der Waals surface area contributed by atoms with Crippen LogP contribution in [0.25, 0.3) is 16.6 Å². The van der Waals surface area contributed by atoms with Gasteiger partial charge in [-0.15, -0.1) is 0 Å². The fourth-order valence-electron chi connectivity index (χ4n) is 3.38. The van der Waals surface area contributed by atoms with Gasteiger partial charge in [-0.1, -0.05) is 12.1 Å². The molecule has 0 spiro atoms. The number of hydrogen-bond acceptors (Lipinski definition) is 5. The Morgan fingerprint density at radius 2 is 1.83 bits per heavy atom. The molecular formula is C17H20N6. The van der Waals surface area contributed by atoms with Crippen LogP contribution in [-0.4, -0.2) is 27.7 Å². The van der Waals surface area contributed by atoms with Crippen molar-refractivity contribution in [3.05, 3.63) is 42.4 Å². The molecule has 0 radical (unpaired) electrons. The van der Waals surface area contributed by atoms with Gasteiger partial charge in [0.15, 0.2) is 5.82 Å². The smallest absolute Gasteiger partial charge is 0.151 e. The zero-order valence-electron chi connectivity index (χ0n) is 12.9. The molecule has 4 rings (SSSR count). The normalized spacial score (nSPS) is 16.0. The first-order chi connectivity index (χ1) is 11.2. The maximum Gasteiger partial charge on any atom is 0.151 e. The average Bonchev–Trinajstić information content (AvgIpc) is 2.97. The molecule has 118 valence electrons. The predicted molar refractivity (Wildman–Crippen MR) is 92.1 cm³/mol. The second-order valence-electron chi connectivity index (χ2n) is 6.03. The highest BCUT2D eigenvalue weighted by Gasteiger charge is 2.22. The van der Waals surface area contributed by atoms with Crippen molar-refractivity contribution in [3.63, 3.8) is 0 Å². The van der Waals surface area contributed by atoms with Crippen LogP contribution in [0.1, 0.15) is 24.5 Å². The molecule has 0 atom stereocenters. The third-order valence-electron chi connectivity index (χ3n) is 4.59. The Labute approximate surface area is 134 Å². The summed E-state index contributed by atoms with van der Waals surface area (Å²) in [4.78, 5) is 4.18. The van der Waals surface area contributed by atoms with Gasteiger partial charge in [0.05, 0.1) is 0 Å². The lowest BCUT2D eigenvalue weighted by molar-refractivity contribution is 0.448. The first-order valence-corrected chi connectivity index (χ1v) is 7.93. The van der Waals surface area contributed by atoms with Crippen molar-refractivity contribution in [2.75, 3.05) is 24.6 Å². The minimum atomic E-state index is 0.487. The van der Waals surface area contributed by atoms with Crippen molar-refractivity contribution < 1.29 is 0 Å². The minimum Gasteiger partial charge on any atom is -0.399 e. The topological polar surface area (TPSA) is 94.3 Å². The van der Waals surface area contributed by atoms with E-state index in [0.717, 1.165) is 48.3 Å². The zero-order chi connectivity index (χ0) is 15.8. The number of nitrogens with one attached hydrogen (secondary N) is 1. The van der Waals surface area contributed by atoms with Gasteiger partial charge in [-0.05, 0) is 49.7 Å². The number of anilines is 2. The number of rotatable bonds is 2. The highest BCUT2D eigenvalue weighted by Crippen LogP contribution is 2.35. The van der Waals surface area contributed by atoms with Crippen LogP contribution >= 0.6 is 0 Å². The van der Waals surface area contributed by atoms with E-state index in [2.05, 4.69) is 21.5 Å². The number of nitrogens with zero attached hydrogens (tertiary/aromatic N) is 3. The molecule has 0 saturated carbocycles. The van der Waals surface area contributed by atoms with E-state index in [9.17, 15) is 0 Å². The minimum absolute atomic E-state index is 0.487. The standard InChI is InChI=1S/C17H20N6/c18-13-3-1-11(2-4-13)14-9-15(12-5-7-20-8-6-12)23-16(14)17(19)21-10-22-23/h1-4,9-10,12,20H,5-8,18H2,(H2,19,21,22). The molecule has 23 heavy (non-hydrogen) atoms. The summed E-state index contributed by atoms with van der Waals surface area (Å²) in [6.45, 7) is 2.07. The van der Waals surface area contributed by atoms with Crippen molar-refractivity contribution in [2.24, 2.45) is 0 Å². The van der Waals surface area contributed by atoms with Gasteiger partial charge in [0.1, 0.15) is 11.8 Å². The Morgan fingerprint density at radius 1 is 1.09 bits per heavy atom. The summed E-state index contributed by atoms with van der Waals surface area (Å²) in [7, 11) is 0. The van der Waals surface area contributed by atoms with Gasteiger partial charge >= 0.3 is 0 Å². The highest BCUT2D eigenvalue weighted by molar-refractivity contribution is 5.88. The molecule has 0 amide bonds. The van der Waals surface area contributed by atoms with Gasteiger partial charge in [-0.3, -0.25) is 0 Å². The van der Waals surface area contributed by atoms with E-state index in [1.165, 1.54) is 12.0 Å². The van der Waals surface area contributed by atoms with Gasteiger partial charge < -0.3 is 16.8 Å². The average molecular weight is 308 g/mol. The summed E-state index contributed by atoms with van der Waals surface area (Å²) >= 11 is 0. The van der Waals surface area contributed by atoms with Crippen molar-refractivity contribution in [1.29, 1.82) is 0 Å². The molecule has 0 bridgehead atoms. The van der Waals surface area contributed by atoms with Crippen molar-refractivity contribution >= 4 is 17.0 Å². The molecule has 0 aliphatic carbocycles. The molecule has 2 aromatic heterocycles. The van der Waals surface area contributed by atoms with E-state index in [4.69, 9.17) is 11.5 Å². The van der Waals surface area contributed by atoms with E-state index in [1.807, 2.05) is 28.8 Å². The maximum absolute atomic E-state index is 6.16. The van der Waals surface area contributed by atoms with Crippen LogP contribution in [-0.2, 0) is 0 Å². The van der Waals surface area contributed by atoms with Crippen LogP contribution in [0.2, 0.25) is 0 Å². The number of benzene rings is 1. The SMILES string of the molecule is Nc1ccc(-c2cc(C3CCNCC3)n3ncnc(N)c23)cc1. The Hall–Kier alpha value is -2.60. The first-order valence-electron chi connectivity index (χ1n) is 7.93. The fourth-order valence-corrected chi connectivity index (χ4v) is 3.38.